The van der Waals surface area contributed by atoms with Crippen LogP contribution < -0.4 is 5.32 Å². The molecule has 1 unspecified atom stereocenters. The molecule has 1 aromatic heterocycles. The fraction of sp³-hybridized carbons (Fsp3) is 0.478. The van der Waals surface area contributed by atoms with Crippen LogP contribution in [0.1, 0.15) is 36.6 Å². The van der Waals surface area contributed by atoms with E-state index in [1.165, 1.54) is 11.1 Å². The van der Waals surface area contributed by atoms with Gasteiger partial charge in [0.05, 0.1) is 12.2 Å². The lowest BCUT2D eigenvalue weighted by molar-refractivity contribution is 0.192. The average Bonchev–Trinajstić information content (AvgIpc) is 3.16. The van der Waals surface area contributed by atoms with Gasteiger partial charge in [-0.25, -0.2) is 4.79 Å². The normalized spacial score (nSPS) is 16.9. The largest absolute Gasteiger partial charge is 0.338 e. The summed E-state index contributed by atoms with van der Waals surface area (Å²) in [6.07, 6.45) is 3.85. The number of pyridine rings is 1. The van der Waals surface area contributed by atoms with Gasteiger partial charge in [-0.2, -0.15) is 0 Å². The average molecular weight is 381 g/mol. The highest BCUT2D eigenvalue weighted by Gasteiger charge is 2.24. The Hall–Kier alpha value is -2.40. The number of carbonyl (C=O) groups excluding carboxylic acids is 1. The van der Waals surface area contributed by atoms with Gasteiger partial charge in [0.25, 0.3) is 0 Å². The molecular formula is C23H32N4O. The van der Waals surface area contributed by atoms with E-state index in [0.29, 0.717) is 12.5 Å². The highest BCUT2D eigenvalue weighted by molar-refractivity contribution is 5.74. The zero-order valence-corrected chi connectivity index (χ0v) is 17.1. The fourth-order valence-corrected chi connectivity index (χ4v) is 3.80. The quantitative estimate of drug-likeness (QED) is 0.757. The maximum atomic E-state index is 12.7. The number of carbonyl (C=O) groups is 1. The molecule has 1 atom stereocenters. The first kappa shape index (κ1) is 20.3. The van der Waals surface area contributed by atoms with Gasteiger partial charge in [0.15, 0.2) is 0 Å². The van der Waals surface area contributed by atoms with E-state index in [1.54, 1.807) is 6.20 Å². The molecule has 1 saturated heterocycles. The predicted octanol–water partition coefficient (Wildman–Crippen LogP) is 3.83. The molecule has 0 spiro atoms. The second-order valence-corrected chi connectivity index (χ2v) is 7.74. The van der Waals surface area contributed by atoms with Crippen molar-refractivity contribution in [1.82, 2.24) is 20.1 Å². The molecular weight excluding hydrogens is 348 g/mol. The molecule has 1 fully saturated rings. The third kappa shape index (κ3) is 5.80. The third-order valence-electron chi connectivity index (χ3n) is 5.43. The monoisotopic (exact) mass is 380 g/mol. The second kappa shape index (κ2) is 10.2. The molecule has 28 heavy (non-hydrogen) atoms. The van der Waals surface area contributed by atoms with E-state index in [0.717, 1.165) is 51.3 Å². The third-order valence-corrected chi connectivity index (χ3v) is 5.43. The van der Waals surface area contributed by atoms with Gasteiger partial charge in [0, 0.05) is 32.4 Å². The summed E-state index contributed by atoms with van der Waals surface area (Å²) in [5.41, 5.74) is 3.68. The molecule has 2 heterocycles. The Balaban J connectivity index is 1.46. The SMILES string of the molecule is CCCN(Cc1ccccn1)C(=O)NCC1CCN(Cc2ccccc2C)C1. The van der Waals surface area contributed by atoms with Gasteiger partial charge >= 0.3 is 6.03 Å². The number of rotatable bonds is 8. The van der Waals surface area contributed by atoms with Crippen LogP contribution in [0, 0.1) is 12.8 Å². The summed E-state index contributed by atoms with van der Waals surface area (Å²) in [7, 11) is 0. The van der Waals surface area contributed by atoms with Gasteiger partial charge < -0.3 is 10.2 Å². The van der Waals surface area contributed by atoms with Crippen LogP contribution in [-0.4, -0.2) is 47.0 Å². The number of amides is 2. The molecule has 1 N–H and O–H groups in total. The van der Waals surface area contributed by atoms with E-state index in [9.17, 15) is 4.79 Å². The standard InChI is InChI=1S/C23H32N4O/c1-3-13-27(18-22-10-6-7-12-24-22)23(28)25-15-20-11-14-26(16-20)17-21-9-5-4-8-19(21)2/h4-10,12,20H,3,11,13-18H2,1-2H3,(H,25,28). The van der Waals surface area contributed by atoms with Crippen LogP contribution in [0.2, 0.25) is 0 Å². The molecule has 5 heteroatoms. The number of nitrogens with zero attached hydrogens (tertiary/aromatic N) is 3. The van der Waals surface area contributed by atoms with E-state index in [-0.39, 0.29) is 6.03 Å². The van der Waals surface area contributed by atoms with Crippen LogP contribution in [0.25, 0.3) is 0 Å². The molecule has 5 nitrogen and oxygen atoms in total. The molecule has 0 aliphatic carbocycles. The fourth-order valence-electron chi connectivity index (χ4n) is 3.80. The van der Waals surface area contributed by atoms with Crippen molar-refractivity contribution in [2.75, 3.05) is 26.2 Å². The van der Waals surface area contributed by atoms with Gasteiger partial charge in [-0.05, 0) is 55.5 Å². The van der Waals surface area contributed by atoms with Gasteiger partial charge in [-0.15, -0.1) is 0 Å². The van der Waals surface area contributed by atoms with Crippen molar-refractivity contribution in [3.63, 3.8) is 0 Å². The number of likely N-dealkylation sites (tertiary alicyclic amines) is 1. The first-order valence-electron chi connectivity index (χ1n) is 10.3. The van der Waals surface area contributed by atoms with Crippen molar-refractivity contribution in [1.29, 1.82) is 0 Å². The predicted molar refractivity (Wildman–Crippen MR) is 113 cm³/mol. The van der Waals surface area contributed by atoms with Crippen LogP contribution in [0.4, 0.5) is 4.79 Å². The van der Waals surface area contributed by atoms with E-state index in [2.05, 4.69) is 53.3 Å². The first-order chi connectivity index (χ1) is 13.7. The first-order valence-corrected chi connectivity index (χ1v) is 10.3. The van der Waals surface area contributed by atoms with E-state index >= 15 is 0 Å². The summed E-state index contributed by atoms with van der Waals surface area (Å²) < 4.78 is 0. The van der Waals surface area contributed by atoms with Crippen molar-refractivity contribution in [2.24, 2.45) is 5.92 Å². The Morgan fingerprint density at radius 1 is 1.25 bits per heavy atom. The Kier molecular flexibility index (Phi) is 7.43. The number of hydrogen-bond acceptors (Lipinski definition) is 3. The molecule has 1 aliphatic heterocycles. The minimum Gasteiger partial charge on any atom is -0.338 e. The summed E-state index contributed by atoms with van der Waals surface area (Å²) in [5.74, 6) is 0.520. The maximum Gasteiger partial charge on any atom is 0.317 e. The number of benzene rings is 1. The summed E-state index contributed by atoms with van der Waals surface area (Å²) in [5, 5.41) is 3.16. The Morgan fingerprint density at radius 2 is 2.07 bits per heavy atom. The summed E-state index contributed by atoms with van der Waals surface area (Å²) in [6, 6.07) is 14.4. The molecule has 0 radical (unpaired) electrons. The van der Waals surface area contributed by atoms with Crippen molar-refractivity contribution in [3.8, 4) is 0 Å². The number of nitrogens with one attached hydrogen (secondary N) is 1. The van der Waals surface area contributed by atoms with Crippen molar-refractivity contribution >= 4 is 6.03 Å². The number of urea groups is 1. The summed E-state index contributed by atoms with van der Waals surface area (Å²) in [4.78, 5) is 21.4. The lowest BCUT2D eigenvalue weighted by Crippen LogP contribution is -2.42. The Morgan fingerprint density at radius 3 is 2.82 bits per heavy atom. The van der Waals surface area contributed by atoms with Gasteiger partial charge in [-0.1, -0.05) is 37.3 Å². The summed E-state index contributed by atoms with van der Waals surface area (Å²) in [6.45, 7) is 9.46. The summed E-state index contributed by atoms with van der Waals surface area (Å²) >= 11 is 0. The number of aromatic nitrogens is 1. The van der Waals surface area contributed by atoms with Crippen LogP contribution in [0.15, 0.2) is 48.7 Å². The van der Waals surface area contributed by atoms with E-state index in [4.69, 9.17) is 0 Å². The molecule has 3 rings (SSSR count). The Bertz CT molecular complexity index is 749. The zero-order chi connectivity index (χ0) is 19.8. The van der Waals surface area contributed by atoms with Crippen LogP contribution in [0.3, 0.4) is 0 Å². The van der Waals surface area contributed by atoms with Crippen LogP contribution >= 0.6 is 0 Å². The van der Waals surface area contributed by atoms with E-state index in [1.807, 2.05) is 23.1 Å². The van der Waals surface area contributed by atoms with Crippen molar-refractivity contribution in [3.05, 3.63) is 65.5 Å². The van der Waals surface area contributed by atoms with Gasteiger partial charge in [0.1, 0.15) is 0 Å². The molecule has 0 bridgehead atoms. The minimum absolute atomic E-state index is 0.0184. The molecule has 2 amide bonds. The molecule has 1 aromatic carbocycles. The maximum absolute atomic E-state index is 12.7. The zero-order valence-electron chi connectivity index (χ0n) is 17.1. The second-order valence-electron chi connectivity index (χ2n) is 7.74. The van der Waals surface area contributed by atoms with E-state index < -0.39 is 0 Å². The smallest absolute Gasteiger partial charge is 0.317 e. The highest BCUT2D eigenvalue weighted by Crippen LogP contribution is 2.19. The van der Waals surface area contributed by atoms with Crippen molar-refractivity contribution in [2.45, 2.75) is 39.8 Å². The molecule has 2 aromatic rings. The van der Waals surface area contributed by atoms with Crippen molar-refractivity contribution < 1.29 is 4.79 Å². The lowest BCUT2D eigenvalue weighted by atomic mass is 10.1. The Labute approximate surface area is 168 Å². The number of aryl methyl sites for hydroxylation is 1. The molecule has 0 saturated carbocycles. The highest BCUT2D eigenvalue weighted by atomic mass is 16.2. The topological polar surface area (TPSA) is 48.5 Å². The molecule has 1 aliphatic rings. The molecule has 150 valence electrons. The van der Waals surface area contributed by atoms with Crippen LogP contribution in [0.5, 0.6) is 0 Å². The lowest BCUT2D eigenvalue weighted by Gasteiger charge is -2.23. The van der Waals surface area contributed by atoms with Gasteiger partial charge in [-0.3, -0.25) is 9.88 Å². The number of hydrogen-bond donors (Lipinski definition) is 1. The van der Waals surface area contributed by atoms with Crippen LogP contribution in [-0.2, 0) is 13.1 Å². The van der Waals surface area contributed by atoms with Gasteiger partial charge in [0.2, 0.25) is 0 Å². The minimum atomic E-state index is 0.0184.